The van der Waals surface area contributed by atoms with Crippen molar-refractivity contribution in [2.75, 3.05) is 6.61 Å². The summed E-state index contributed by atoms with van der Waals surface area (Å²) >= 11 is 0. The monoisotopic (exact) mass is 397 g/mol. The normalized spacial score (nSPS) is 11.6. The maximum absolute atomic E-state index is 12.4. The first kappa shape index (κ1) is 22.1. The van der Waals surface area contributed by atoms with E-state index in [-0.39, 0.29) is 24.9 Å². The highest BCUT2D eigenvalue weighted by atomic mass is 16.6. The second-order valence-electron chi connectivity index (χ2n) is 7.26. The van der Waals surface area contributed by atoms with Gasteiger partial charge in [-0.3, -0.25) is 4.79 Å². The van der Waals surface area contributed by atoms with Crippen molar-refractivity contribution in [1.82, 2.24) is 5.32 Å². The first-order valence-corrected chi connectivity index (χ1v) is 9.52. The van der Waals surface area contributed by atoms with Crippen molar-refractivity contribution < 1.29 is 23.9 Å². The van der Waals surface area contributed by atoms with Gasteiger partial charge in [-0.25, -0.2) is 9.59 Å². The Kier molecular flexibility index (Phi) is 7.95. The van der Waals surface area contributed by atoms with Crippen molar-refractivity contribution >= 4 is 17.8 Å². The molecule has 0 saturated heterocycles. The third-order valence-corrected chi connectivity index (χ3v) is 4.58. The molecule has 1 amide bonds. The first-order valence-electron chi connectivity index (χ1n) is 9.52. The second-order valence-corrected chi connectivity index (χ2v) is 7.26. The van der Waals surface area contributed by atoms with Gasteiger partial charge in [-0.05, 0) is 42.5 Å². The fourth-order valence-corrected chi connectivity index (χ4v) is 2.61. The summed E-state index contributed by atoms with van der Waals surface area (Å²) in [6, 6.07) is 13.6. The zero-order valence-electron chi connectivity index (χ0n) is 17.2. The fourth-order valence-electron chi connectivity index (χ4n) is 2.61. The number of carbonyl (C=O) groups is 3. The highest BCUT2D eigenvalue weighted by molar-refractivity contribution is 5.98. The van der Waals surface area contributed by atoms with Crippen LogP contribution in [-0.2, 0) is 20.9 Å². The van der Waals surface area contributed by atoms with Crippen LogP contribution in [0.3, 0.4) is 0 Å². The molecule has 0 bridgehead atoms. The van der Waals surface area contributed by atoms with E-state index in [1.54, 1.807) is 26.0 Å². The Hall–Kier alpha value is -3.15. The van der Waals surface area contributed by atoms with Gasteiger partial charge in [-0.15, -0.1) is 0 Å². The number of aryl methyl sites for hydroxylation is 2. The number of ether oxygens (including phenoxy) is 2. The molecular formula is C23H27NO5. The number of alkyl carbamates (subject to hydrolysis) is 1. The Labute approximate surface area is 171 Å². The summed E-state index contributed by atoms with van der Waals surface area (Å²) in [5, 5.41) is 2.52. The number of nitrogens with one attached hydrogen (secondary N) is 1. The van der Waals surface area contributed by atoms with Gasteiger partial charge in [0.2, 0.25) is 0 Å². The number of ketones is 1. The molecule has 1 N–H and O–H groups in total. The summed E-state index contributed by atoms with van der Waals surface area (Å²) in [7, 11) is 0. The van der Waals surface area contributed by atoms with Crippen molar-refractivity contribution in [3.8, 4) is 0 Å². The maximum Gasteiger partial charge on any atom is 0.408 e. The van der Waals surface area contributed by atoms with Gasteiger partial charge in [0.15, 0.2) is 12.4 Å². The van der Waals surface area contributed by atoms with Gasteiger partial charge in [0.1, 0.15) is 12.6 Å². The lowest BCUT2D eigenvalue weighted by atomic mass is 10.0. The number of Topliss-reactive ketones (excluding diaryl/α,β-unsaturated/α-hetero) is 1. The second kappa shape index (κ2) is 10.4. The predicted octanol–water partition coefficient (Wildman–Crippen LogP) is 3.98. The van der Waals surface area contributed by atoms with Crippen LogP contribution in [0.5, 0.6) is 0 Å². The molecule has 0 aliphatic heterocycles. The molecule has 0 spiro atoms. The highest BCUT2D eigenvalue weighted by Crippen LogP contribution is 2.11. The van der Waals surface area contributed by atoms with E-state index in [4.69, 9.17) is 9.47 Å². The Bertz CT molecular complexity index is 861. The SMILES string of the molecule is Cc1ccc(C(=O)COC(=O)C(NC(=O)OCc2ccccc2)C(C)C)cc1C. The Morgan fingerprint density at radius 2 is 1.62 bits per heavy atom. The number of amides is 1. The number of hydrogen-bond donors (Lipinski definition) is 1. The molecule has 29 heavy (non-hydrogen) atoms. The summed E-state index contributed by atoms with van der Waals surface area (Å²) in [5.41, 5.74) is 3.39. The van der Waals surface area contributed by atoms with Gasteiger partial charge >= 0.3 is 12.1 Å². The van der Waals surface area contributed by atoms with Crippen LogP contribution < -0.4 is 5.32 Å². The highest BCUT2D eigenvalue weighted by Gasteiger charge is 2.27. The lowest BCUT2D eigenvalue weighted by molar-refractivity contribution is -0.146. The summed E-state index contributed by atoms with van der Waals surface area (Å²) in [6.45, 7) is 7.13. The van der Waals surface area contributed by atoms with E-state index in [0.717, 1.165) is 16.7 Å². The number of esters is 1. The van der Waals surface area contributed by atoms with Crippen molar-refractivity contribution in [2.45, 2.75) is 40.3 Å². The van der Waals surface area contributed by atoms with Crippen LogP contribution in [0.2, 0.25) is 0 Å². The van der Waals surface area contributed by atoms with E-state index in [9.17, 15) is 14.4 Å². The fraction of sp³-hybridized carbons (Fsp3) is 0.348. The quantitative estimate of drug-likeness (QED) is 0.538. The average Bonchev–Trinajstić information content (AvgIpc) is 2.71. The number of hydrogen-bond acceptors (Lipinski definition) is 5. The molecule has 1 atom stereocenters. The zero-order valence-corrected chi connectivity index (χ0v) is 17.2. The number of rotatable bonds is 8. The van der Waals surface area contributed by atoms with Gasteiger partial charge in [-0.2, -0.15) is 0 Å². The van der Waals surface area contributed by atoms with Crippen LogP contribution in [0.4, 0.5) is 4.79 Å². The van der Waals surface area contributed by atoms with Crippen LogP contribution in [-0.4, -0.2) is 30.5 Å². The largest absolute Gasteiger partial charge is 0.456 e. The van der Waals surface area contributed by atoms with Gasteiger partial charge in [0.05, 0.1) is 0 Å². The Morgan fingerprint density at radius 1 is 0.931 bits per heavy atom. The standard InChI is InChI=1S/C23H27NO5/c1-15(2)21(24-23(27)29-13-18-8-6-5-7-9-18)22(26)28-14-20(25)19-11-10-16(3)17(4)12-19/h5-12,15,21H,13-14H2,1-4H3,(H,24,27). The maximum atomic E-state index is 12.4. The molecule has 2 aromatic rings. The van der Waals surface area contributed by atoms with E-state index < -0.39 is 18.1 Å². The van der Waals surface area contributed by atoms with Crippen molar-refractivity contribution in [1.29, 1.82) is 0 Å². The molecule has 2 aromatic carbocycles. The average molecular weight is 397 g/mol. The molecule has 0 heterocycles. The predicted molar refractivity (Wildman–Crippen MR) is 110 cm³/mol. The minimum atomic E-state index is -0.911. The molecule has 154 valence electrons. The van der Waals surface area contributed by atoms with Gasteiger partial charge in [0.25, 0.3) is 0 Å². The Balaban J connectivity index is 1.88. The number of benzene rings is 2. The summed E-state index contributed by atoms with van der Waals surface area (Å²) in [4.78, 5) is 36.8. The van der Waals surface area contributed by atoms with Crippen LogP contribution in [0.25, 0.3) is 0 Å². The van der Waals surface area contributed by atoms with Gasteiger partial charge in [-0.1, -0.05) is 56.3 Å². The Morgan fingerprint density at radius 3 is 2.24 bits per heavy atom. The van der Waals surface area contributed by atoms with Gasteiger partial charge < -0.3 is 14.8 Å². The van der Waals surface area contributed by atoms with Crippen LogP contribution in [0.15, 0.2) is 48.5 Å². The van der Waals surface area contributed by atoms with Crippen molar-refractivity contribution in [2.24, 2.45) is 5.92 Å². The molecule has 0 aromatic heterocycles. The molecule has 0 radical (unpaired) electrons. The minimum absolute atomic E-state index is 0.0950. The van der Waals surface area contributed by atoms with Crippen LogP contribution in [0.1, 0.15) is 40.9 Å². The molecule has 0 saturated carbocycles. The van der Waals surface area contributed by atoms with E-state index in [0.29, 0.717) is 5.56 Å². The number of carbonyl (C=O) groups excluding carboxylic acids is 3. The van der Waals surface area contributed by atoms with Gasteiger partial charge in [0, 0.05) is 5.56 Å². The smallest absolute Gasteiger partial charge is 0.408 e. The molecule has 1 unspecified atom stereocenters. The molecular weight excluding hydrogens is 370 g/mol. The first-order chi connectivity index (χ1) is 13.8. The molecule has 0 aliphatic carbocycles. The summed E-state index contributed by atoms with van der Waals surface area (Å²) < 4.78 is 10.3. The summed E-state index contributed by atoms with van der Waals surface area (Å²) in [5.74, 6) is -1.20. The van der Waals surface area contributed by atoms with E-state index in [1.165, 1.54) is 0 Å². The van der Waals surface area contributed by atoms with Crippen molar-refractivity contribution in [3.05, 3.63) is 70.8 Å². The third-order valence-electron chi connectivity index (χ3n) is 4.58. The topological polar surface area (TPSA) is 81.7 Å². The summed E-state index contributed by atoms with van der Waals surface area (Å²) in [6.07, 6.45) is -0.718. The molecule has 6 nitrogen and oxygen atoms in total. The minimum Gasteiger partial charge on any atom is -0.456 e. The lowest BCUT2D eigenvalue weighted by Crippen LogP contribution is -2.45. The van der Waals surface area contributed by atoms with E-state index in [1.807, 2.05) is 50.2 Å². The van der Waals surface area contributed by atoms with E-state index >= 15 is 0 Å². The molecule has 2 rings (SSSR count). The van der Waals surface area contributed by atoms with Crippen molar-refractivity contribution in [3.63, 3.8) is 0 Å². The van der Waals surface area contributed by atoms with Crippen LogP contribution in [0, 0.1) is 19.8 Å². The molecule has 0 fully saturated rings. The third kappa shape index (κ3) is 6.75. The molecule has 0 aliphatic rings. The van der Waals surface area contributed by atoms with E-state index in [2.05, 4.69) is 5.32 Å². The molecule has 6 heteroatoms. The van der Waals surface area contributed by atoms with Crippen LogP contribution >= 0.6 is 0 Å². The zero-order chi connectivity index (χ0) is 21.4. The lowest BCUT2D eigenvalue weighted by Gasteiger charge is -2.20.